The van der Waals surface area contributed by atoms with E-state index in [0.29, 0.717) is 0 Å². The van der Waals surface area contributed by atoms with Crippen LogP contribution in [0.2, 0.25) is 0 Å². The van der Waals surface area contributed by atoms with Gasteiger partial charge in [0.05, 0.1) is 5.69 Å². The van der Waals surface area contributed by atoms with Gasteiger partial charge < -0.3 is 9.80 Å². The maximum Gasteiger partial charge on any atom is 0.162 e. The zero-order valence-electron chi connectivity index (χ0n) is 17.3. The van der Waals surface area contributed by atoms with Crippen molar-refractivity contribution in [3.8, 4) is 22.6 Å². The van der Waals surface area contributed by atoms with E-state index in [2.05, 4.69) is 31.9 Å². The average molecular weight is 401 g/mol. The lowest BCUT2D eigenvalue weighted by molar-refractivity contribution is 0.141. The van der Waals surface area contributed by atoms with Gasteiger partial charge in [0, 0.05) is 61.1 Å². The van der Waals surface area contributed by atoms with Crippen LogP contribution in [0.25, 0.3) is 22.6 Å². The second-order valence-electron chi connectivity index (χ2n) is 8.23. The number of anilines is 1. The van der Waals surface area contributed by atoms with Crippen LogP contribution < -0.4 is 4.90 Å². The average Bonchev–Trinajstić information content (AvgIpc) is 2.85. The fourth-order valence-electron chi connectivity index (χ4n) is 4.63. The lowest BCUT2D eigenvalue weighted by atomic mass is 10.00. The summed E-state index contributed by atoms with van der Waals surface area (Å²) in [4.78, 5) is 23.3. The first kappa shape index (κ1) is 19.1. The summed E-state index contributed by atoms with van der Waals surface area (Å²) in [7, 11) is 0. The number of rotatable bonds is 4. The Labute approximate surface area is 178 Å². The van der Waals surface area contributed by atoms with Gasteiger partial charge in [-0.05, 0) is 63.0 Å². The molecule has 2 fully saturated rings. The lowest BCUT2D eigenvalue weighted by Gasteiger charge is -2.40. The van der Waals surface area contributed by atoms with Crippen LogP contribution in [0, 0.1) is 0 Å². The standard InChI is InChI=1S/C24H28N6/c1-2-13-29(14-3-1)21-8-15-30(16-9-21)23-17-22(20-5-4-10-26-18-20)27-24(28-23)19-6-11-25-12-7-19/h4-7,10-12,17-18,21H,1-3,8-9,13-16H2. The van der Waals surface area contributed by atoms with E-state index in [9.17, 15) is 0 Å². The highest BCUT2D eigenvalue weighted by Gasteiger charge is 2.26. The fraction of sp³-hybridized carbons (Fsp3) is 0.417. The van der Waals surface area contributed by atoms with E-state index in [1.165, 1.54) is 45.2 Å². The summed E-state index contributed by atoms with van der Waals surface area (Å²) in [5, 5.41) is 0. The van der Waals surface area contributed by atoms with E-state index in [0.717, 1.165) is 47.6 Å². The minimum atomic E-state index is 0.723. The van der Waals surface area contributed by atoms with Crippen LogP contribution in [-0.4, -0.2) is 57.1 Å². The number of hydrogen-bond acceptors (Lipinski definition) is 6. The Balaban J connectivity index is 1.41. The summed E-state index contributed by atoms with van der Waals surface area (Å²) < 4.78 is 0. The van der Waals surface area contributed by atoms with E-state index in [1.807, 2.05) is 24.4 Å². The van der Waals surface area contributed by atoms with Crippen molar-refractivity contribution >= 4 is 5.82 Å². The highest BCUT2D eigenvalue weighted by atomic mass is 15.2. The number of likely N-dealkylation sites (tertiary alicyclic amines) is 1. The van der Waals surface area contributed by atoms with Crippen LogP contribution in [0.3, 0.4) is 0 Å². The predicted octanol–water partition coefficient (Wildman–Crippen LogP) is 4.06. The molecule has 0 aromatic carbocycles. The molecule has 0 radical (unpaired) electrons. The van der Waals surface area contributed by atoms with Crippen molar-refractivity contribution in [2.45, 2.75) is 38.1 Å². The molecule has 3 aromatic rings. The quantitative estimate of drug-likeness (QED) is 0.658. The molecular formula is C24H28N6. The van der Waals surface area contributed by atoms with Crippen molar-refractivity contribution in [2.24, 2.45) is 0 Å². The summed E-state index contributed by atoms with van der Waals surface area (Å²) in [6.45, 7) is 4.63. The first-order valence-corrected chi connectivity index (χ1v) is 11.1. The molecule has 3 aromatic heterocycles. The fourth-order valence-corrected chi connectivity index (χ4v) is 4.63. The Morgan fingerprint density at radius 2 is 1.57 bits per heavy atom. The summed E-state index contributed by atoms with van der Waals surface area (Å²) in [5.74, 6) is 1.75. The molecule has 6 nitrogen and oxygen atoms in total. The Bertz CT molecular complexity index is 890. The number of pyridine rings is 2. The van der Waals surface area contributed by atoms with Crippen molar-refractivity contribution in [2.75, 3.05) is 31.1 Å². The van der Waals surface area contributed by atoms with Gasteiger partial charge in [0.1, 0.15) is 5.82 Å². The van der Waals surface area contributed by atoms with Crippen LogP contribution in [0.4, 0.5) is 5.82 Å². The molecule has 154 valence electrons. The molecule has 0 bridgehead atoms. The Kier molecular flexibility index (Phi) is 5.66. The second kappa shape index (κ2) is 8.88. The van der Waals surface area contributed by atoms with Crippen LogP contribution in [0.15, 0.2) is 55.1 Å². The van der Waals surface area contributed by atoms with E-state index >= 15 is 0 Å². The lowest BCUT2D eigenvalue weighted by Crippen LogP contribution is -2.47. The number of hydrogen-bond donors (Lipinski definition) is 0. The minimum Gasteiger partial charge on any atom is -0.356 e. The molecule has 0 aliphatic carbocycles. The first-order chi connectivity index (χ1) is 14.9. The highest BCUT2D eigenvalue weighted by Crippen LogP contribution is 2.28. The van der Waals surface area contributed by atoms with Gasteiger partial charge in [-0.3, -0.25) is 9.97 Å². The molecule has 0 N–H and O–H groups in total. The Morgan fingerprint density at radius 1 is 0.767 bits per heavy atom. The molecule has 0 saturated carbocycles. The summed E-state index contributed by atoms with van der Waals surface area (Å²) in [6.07, 6.45) is 13.8. The van der Waals surface area contributed by atoms with E-state index in [1.54, 1.807) is 18.6 Å². The largest absolute Gasteiger partial charge is 0.356 e. The molecule has 0 amide bonds. The molecular weight excluding hydrogens is 372 g/mol. The summed E-state index contributed by atoms with van der Waals surface area (Å²) >= 11 is 0. The van der Waals surface area contributed by atoms with Crippen LogP contribution >= 0.6 is 0 Å². The van der Waals surface area contributed by atoms with Gasteiger partial charge in [0.25, 0.3) is 0 Å². The molecule has 0 atom stereocenters. The molecule has 2 aliphatic rings. The first-order valence-electron chi connectivity index (χ1n) is 11.1. The normalized spacial score (nSPS) is 18.5. The number of aromatic nitrogens is 4. The Hall–Kier alpha value is -2.86. The number of nitrogens with zero attached hydrogens (tertiary/aromatic N) is 6. The third-order valence-electron chi connectivity index (χ3n) is 6.30. The zero-order valence-corrected chi connectivity index (χ0v) is 17.3. The summed E-state index contributed by atoms with van der Waals surface area (Å²) in [6, 6.07) is 10.8. The molecule has 5 heterocycles. The van der Waals surface area contributed by atoms with E-state index in [4.69, 9.17) is 9.97 Å². The van der Waals surface area contributed by atoms with Crippen LogP contribution in [-0.2, 0) is 0 Å². The van der Waals surface area contributed by atoms with Crippen molar-refractivity contribution < 1.29 is 0 Å². The molecule has 2 saturated heterocycles. The van der Waals surface area contributed by atoms with Gasteiger partial charge >= 0.3 is 0 Å². The van der Waals surface area contributed by atoms with Crippen molar-refractivity contribution in [3.05, 3.63) is 55.1 Å². The molecule has 5 rings (SSSR count). The monoisotopic (exact) mass is 400 g/mol. The van der Waals surface area contributed by atoms with Gasteiger partial charge in [-0.15, -0.1) is 0 Å². The topological polar surface area (TPSA) is 58.0 Å². The van der Waals surface area contributed by atoms with Gasteiger partial charge in [0.2, 0.25) is 0 Å². The molecule has 2 aliphatic heterocycles. The maximum atomic E-state index is 4.94. The van der Waals surface area contributed by atoms with Gasteiger partial charge in [0.15, 0.2) is 5.82 Å². The van der Waals surface area contributed by atoms with E-state index in [-0.39, 0.29) is 0 Å². The van der Waals surface area contributed by atoms with Crippen LogP contribution in [0.1, 0.15) is 32.1 Å². The zero-order chi connectivity index (χ0) is 20.2. The molecule has 0 spiro atoms. The molecule has 0 unspecified atom stereocenters. The third-order valence-corrected chi connectivity index (χ3v) is 6.30. The highest BCUT2D eigenvalue weighted by molar-refractivity contribution is 5.67. The van der Waals surface area contributed by atoms with Crippen molar-refractivity contribution in [1.29, 1.82) is 0 Å². The smallest absolute Gasteiger partial charge is 0.162 e. The van der Waals surface area contributed by atoms with Crippen molar-refractivity contribution in [3.63, 3.8) is 0 Å². The van der Waals surface area contributed by atoms with E-state index < -0.39 is 0 Å². The van der Waals surface area contributed by atoms with Crippen LogP contribution in [0.5, 0.6) is 0 Å². The number of piperidine rings is 2. The molecule has 6 heteroatoms. The van der Waals surface area contributed by atoms with Gasteiger partial charge in [-0.2, -0.15) is 0 Å². The summed E-state index contributed by atoms with van der Waals surface area (Å²) in [5.41, 5.74) is 2.91. The SMILES string of the molecule is c1cncc(-c2cc(N3CCC(N4CCCCC4)CC3)nc(-c3ccncc3)n2)c1. The van der Waals surface area contributed by atoms with Gasteiger partial charge in [-0.25, -0.2) is 9.97 Å². The third kappa shape index (κ3) is 4.19. The predicted molar refractivity (Wildman–Crippen MR) is 119 cm³/mol. The maximum absolute atomic E-state index is 4.94. The Morgan fingerprint density at radius 3 is 2.30 bits per heavy atom. The minimum absolute atomic E-state index is 0.723. The van der Waals surface area contributed by atoms with Gasteiger partial charge in [-0.1, -0.05) is 6.42 Å². The van der Waals surface area contributed by atoms with Crippen molar-refractivity contribution in [1.82, 2.24) is 24.8 Å². The second-order valence-corrected chi connectivity index (χ2v) is 8.23. The molecule has 30 heavy (non-hydrogen) atoms.